The molecule has 0 unspecified atom stereocenters. The number of methoxy groups -OCH3 is 5. The largest absolute Gasteiger partial charge is 0.496 e. The lowest BCUT2D eigenvalue weighted by atomic mass is 9.89. The number of benzene rings is 3. The Morgan fingerprint density at radius 1 is 0.724 bits per heavy atom. The van der Waals surface area contributed by atoms with E-state index in [1.807, 2.05) is 18.2 Å². The SMILES string of the molecule is COc1cc2ccc3c(c2cc1OC)N(C)Cc1c(OC)c(OC)cc(OC)c1-3. The molecule has 0 atom stereocenters. The molecule has 3 aromatic rings. The Hall–Kier alpha value is -3.28. The molecule has 0 saturated heterocycles. The third-order valence-electron chi connectivity index (χ3n) is 5.49. The lowest BCUT2D eigenvalue weighted by Crippen LogP contribution is -2.23. The van der Waals surface area contributed by atoms with Crippen LogP contribution in [-0.2, 0) is 6.54 Å². The van der Waals surface area contributed by atoms with Crippen molar-refractivity contribution in [3.63, 3.8) is 0 Å². The van der Waals surface area contributed by atoms with Gasteiger partial charge in [-0.1, -0.05) is 12.1 Å². The van der Waals surface area contributed by atoms with E-state index in [0.29, 0.717) is 23.8 Å². The molecule has 29 heavy (non-hydrogen) atoms. The highest BCUT2D eigenvalue weighted by Crippen LogP contribution is 2.53. The standard InChI is InChI=1S/C23H25NO5/c1-24-12-16-21(19(27-4)11-20(28-5)23(16)29-6)14-8-7-13-9-17(25-2)18(26-3)10-15(13)22(14)24/h7-11H,12H2,1-6H3. The first-order valence-electron chi connectivity index (χ1n) is 9.30. The highest BCUT2D eigenvalue weighted by Gasteiger charge is 2.30. The van der Waals surface area contributed by atoms with Gasteiger partial charge in [-0.2, -0.15) is 0 Å². The van der Waals surface area contributed by atoms with Crippen LogP contribution in [0, 0.1) is 0 Å². The Bertz CT molecular complexity index is 1090. The minimum absolute atomic E-state index is 0.659. The topological polar surface area (TPSA) is 49.4 Å². The first-order valence-corrected chi connectivity index (χ1v) is 9.30. The van der Waals surface area contributed by atoms with Gasteiger partial charge in [-0.3, -0.25) is 0 Å². The zero-order valence-electron chi connectivity index (χ0n) is 17.6. The number of rotatable bonds is 5. The van der Waals surface area contributed by atoms with Gasteiger partial charge in [0.15, 0.2) is 23.0 Å². The zero-order valence-corrected chi connectivity index (χ0v) is 17.6. The fourth-order valence-electron chi connectivity index (χ4n) is 4.21. The molecule has 0 saturated carbocycles. The summed E-state index contributed by atoms with van der Waals surface area (Å²) in [5.41, 5.74) is 4.25. The van der Waals surface area contributed by atoms with Crippen molar-refractivity contribution >= 4 is 16.5 Å². The third kappa shape index (κ3) is 2.78. The molecule has 1 aliphatic rings. The lowest BCUT2D eigenvalue weighted by Gasteiger charge is -2.33. The highest BCUT2D eigenvalue weighted by atomic mass is 16.5. The van der Waals surface area contributed by atoms with E-state index in [1.54, 1.807) is 35.5 Å². The molecule has 0 amide bonds. The van der Waals surface area contributed by atoms with Gasteiger partial charge in [-0.15, -0.1) is 0 Å². The van der Waals surface area contributed by atoms with E-state index < -0.39 is 0 Å². The van der Waals surface area contributed by atoms with Crippen LogP contribution in [0.3, 0.4) is 0 Å². The normalized spacial score (nSPS) is 12.3. The molecule has 6 heteroatoms. The summed E-state index contributed by atoms with van der Waals surface area (Å²) in [6, 6.07) is 10.1. The predicted molar refractivity (Wildman–Crippen MR) is 114 cm³/mol. The van der Waals surface area contributed by atoms with Crippen LogP contribution in [0.25, 0.3) is 21.9 Å². The molecule has 152 valence electrons. The van der Waals surface area contributed by atoms with Crippen molar-refractivity contribution in [1.82, 2.24) is 0 Å². The summed E-state index contributed by atoms with van der Waals surface area (Å²) in [6.45, 7) is 0.659. The molecule has 0 spiro atoms. The number of hydrogen-bond acceptors (Lipinski definition) is 6. The second kappa shape index (κ2) is 7.28. The molecule has 6 nitrogen and oxygen atoms in total. The predicted octanol–water partition coefficient (Wildman–Crippen LogP) is 4.50. The van der Waals surface area contributed by atoms with Gasteiger partial charge in [0.25, 0.3) is 0 Å². The van der Waals surface area contributed by atoms with Crippen LogP contribution in [0.5, 0.6) is 28.7 Å². The van der Waals surface area contributed by atoms with Crippen LogP contribution in [0.2, 0.25) is 0 Å². The first-order chi connectivity index (χ1) is 14.1. The van der Waals surface area contributed by atoms with Crippen molar-refractivity contribution in [1.29, 1.82) is 0 Å². The van der Waals surface area contributed by atoms with Gasteiger partial charge in [-0.05, 0) is 17.5 Å². The van der Waals surface area contributed by atoms with Crippen molar-refractivity contribution in [2.75, 3.05) is 47.5 Å². The first kappa shape index (κ1) is 19.1. The summed E-state index contributed by atoms with van der Waals surface area (Å²) >= 11 is 0. The van der Waals surface area contributed by atoms with Crippen molar-refractivity contribution in [2.45, 2.75) is 6.54 Å². The Morgan fingerprint density at radius 2 is 1.38 bits per heavy atom. The Labute approximate surface area is 170 Å². The molecule has 1 heterocycles. The van der Waals surface area contributed by atoms with E-state index in [9.17, 15) is 0 Å². The summed E-state index contributed by atoms with van der Waals surface area (Å²) in [5, 5.41) is 2.17. The number of ether oxygens (including phenoxy) is 5. The molecule has 0 aromatic heterocycles. The summed E-state index contributed by atoms with van der Waals surface area (Å²) in [5.74, 6) is 3.56. The van der Waals surface area contributed by atoms with Crippen LogP contribution < -0.4 is 28.6 Å². The Balaban J connectivity index is 2.08. The van der Waals surface area contributed by atoms with Crippen LogP contribution in [0.4, 0.5) is 5.69 Å². The molecule has 0 fully saturated rings. The van der Waals surface area contributed by atoms with Crippen molar-refractivity contribution in [3.05, 3.63) is 35.9 Å². The molecule has 0 N–H and O–H groups in total. The van der Waals surface area contributed by atoms with Crippen LogP contribution >= 0.6 is 0 Å². The van der Waals surface area contributed by atoms with E-state index >= 15 is 0 Å². The average Bonchev–Trinajstić information content (AvgIpc) is 2.76. The molecule has 4 rings (SSSR count). The van der Waals surface area contributed by atoms with E-state index in [2.05, 4.69) is 24.1 Å². The van der Waals surface area contributed by atoms with Gasteiger partial charge in [0.1, 0.15) is 5.75 Å². The Kier molecular flexibility index (Phi) is 4.78. The maximum Gasteiger partial charge on any atom is 0.166 e. The number of hydrogen-bond donors (Lipinski definition) is 0. The lowest BCUT2D eigenvalue weighted by molar-refractivity contribution is 0.346. The van der Waals surface area contributed by atoms with Gasteiger partial charge in [0, 0.05) is 41.7 Å². The fourth-order valence-corrected chi connectivity index (χ4v) is 4.21. The number of nitrogens with zero attached hydrogens (tertiary/aromatic N) is 1. The van der Waals surface area contributed by atoms with Crippen molar-refractivity contribution in [2.24, 2.45) is 0 Å². The minimum atomic E-state index is 0.659. The van der Waals surface area contributed by atoms with Gasteiger partial charge in [-0.25, -0.2) is 0 Å². The molecule has 0 bridgehead atoms. The van der Waals surface area contributed by atoms with Crippen molar-refractivity contribution < 1.29 is 23.7 Å². The monoisotopic (exact) mass is 395 g/mol. The summed E-state index contributed by atoms with van der Waals surface area (Å²) < 4.78 is 28.0. The summed E-state index contributed by atoms with van der Waals surface area (Å²) in [7, 11) is 10.3. The molecular formula is C23H25NO5. The molecular weight excluding hydrogens is 370 g/mol. The maximum atomic E-state index is 5.74. The smallest absolute Gasteiger partial charge is 0.166 e. The third-order valence-corrected chi connectivity index (χ3v) is 5.49. The highest BCUT2D eigenvalue weighted by molar-refractivity contribution is 6.06. The van der Waals surface area contributed by atoms with Crippen molar-refractivity contribution in [3.8, 4) is 39.9 Å². The van der Waals surface area contributed by atoms with Gasteiger partial charge >= 0.3 is 0 Å². The van der Waals surface area contributed by atoms with Crippen LogP contribution in [0.1, 0.15) is 5.56 Å². The van der Waals surface area contributed by atoms with Gasteiger partial charge < -0.3 is 28.6 Å². The fraction of sp³-hybridized carbons (Fsp3) is 0.304. The molecule has 3 aromatic carbocycles. The molecule has 0 aliphatic carbocycles. The molecule has 0 radical (unpaired) electrons. The number of fused-ring (bicyclic) bond motifs is 5. The van der Waals surface area contributed by atoms with Gasteiger partial charge in [0.2, 0.25) is 0 Å². The van der Waals surface area contributed by atoms with E-state index in [4.69, 9.17) is 23.7 Å². The van der Waals surface area contributed by atoms with E-state index in [0.717, 1.165) is 44.6 Å². The quantitative estimate of drug-likeness (QED) is 0.634. The Morgan fingerprint density at radius 3 is 2.00 bits per heavy atom. The van der Waals surface area contributed by atoms with Crippen LogP contribution in [0.15, 0.2) is 30.3 Å². The second-order valence-corrected chi connectivity index (χ2v) is 6.91. The average molecular weight is 395 g/mol. The summed E-state index contributed by atoms with van der Waals surface area (Å²) in [4.78, 5) is 2.22. The minimum Gasteiger partial charge on any atom is -0.496 e. The summed E-state index contributed by atoms with van der Waals surface area (Å²) in [6.07, 6.45) is 0. The van der Waals surface area contributed by atoms with E-state index in [1.165, 1.54) is 0 Å². The van der Waals surface area contributed by atoms with Gasteiger partial charge in [0.05, 0.1) is 41.2 Å². The second-order valence-electron chi connectivity index (χ2n) is 6.91. The zero-order chi connectivity index (χ0) is 20.7. The number of anilines is 1. The van der Waals surface area contributed by atoms with E-state index in [-0.39, 0.29) is 0 Å². The molecule has 1 aliphatic heterocycles. The maximum absolute atomic E-state index is 5.74. The van der Waals surface area contributed by atoms with Crippen LogP contribution in [-0.4, -0.2) is 42.6 Å².